The molecule has 0 amide bonds. The molecule has 0 saturated carbocycles. The summed E-state index contributed by atoms with van der Waals surface area (Å²) in [5.74, 6) is 0.329. The number of sulfonamides is 1. The maximum absolute atomic E-state index is 12.6. The minimum Gasteiger partial charge on any atom is -0.494 e. The van der Waals surface area contributed by atoms with Crippen LogP contribution in [0.4, 0.5) is 0 Å². The van der Waals surface area contributed by atoms with Crippen LogP contribution in [0.25, 0.3) is 0 Å². The van der Waals surface area contributed by atoms with Gasteiger partial charge in [-0.25, -0.2) is 13.1 Å². The maximum Gasteiger partial charge on any atom is 0.244 e. The summed E-state index contributed by atoms with van der Waals surface area (Å²) in [6.45, 7) is 3.71. The molecule has 24 heavy (non-hydrogen) atoms. The molecule has 1 aliphatic rings. The lowest BCUT2D eigenvalue weighted by Crippen LogP contribution is -2.32. The number of benzene rings is 1. The van der Waals surface area contributed by atoms with Gasteiger partial charge in [-0.3, -0.25) is 0 Å². The van der Waals surface area contributed by atoms with Crippen molar-refractivity contribution in [2.75, 3.05) is 47.0 Å². The first-order valence-corrected chi connectivity index (χ1v) is 9.86. The van der Waals surface area contributed by atoms with Gasteiger partial charge in [0.25, 0.3) is 0 Å². The average molecular weight is 397 g/mol. The number of hydrogen-bond acceptors (Lipinski definition) is 5. The fourth-order valence-corrected chi connectivity index (χ4v) is 4.46. The van der Waals surface area contributed by atoms with Crippen molar-refractivity contribution in [2.24, 2.45) is 5.92 Å². The lowest BCUT2D eigenvalue weighted by molar-refractivity contribution is 0.159. The van der Waals surface area contributed by atoms with Crippen LogP contribution in [0.5, 0.6) is 5.75 Å². The summed E-state index contributed by atoms with van der Waals surface area (Å²) in [6, 6.07) is 2.85. The molecule has 1 N–H and O–H groups in total. The van der Waals surface area contributed by atoms with Crippen molar-refractivity contribution in [1.29, 1.82) is 0 Å². The first-order valence-electron chi connectivity index (χ1n) is 7.62. The molecule has 0 radical (unpaired) electrons. The molecule has 1 aromatic carbocycles. The first kappa shape index (κ1) is 19.8. The molecular formula is C15H22Cl2N2O4S. The number of nitrogens with one attached hydrogen (secondary N) is 1. The van der Waals surface area contributed by atoms with Crippen molar-refractivity contribution in [1.82, 2.24) is 9.62 Å². The highest BCUT2D eigenvalue weighted by atomic mass is 35.5. The zero-order valence-electron chi connectivity index (χ0n) is 13.7. The molecule has 0 bridgehead atoms. The van der Waals surface area contributed by atoms with Crippen LogP contribution in [0.2, 0.25) is 10.0 Å². The molecule has 9 heteroatoms. The van der Waals surface area contributed by atoms with E-state index in [1.165, 1.54) is 19.2 Å². The van der Waals surface area contributed by atoms with Gasteiger partial charge in [0.05, 0.1) is 18.7 Å². The van der Waals surface area contributed by atoms with Gasteiger partial charge in [-0.1, -0.05) is 23.2 Å². The van der Waals surface area contributed by atoms with Crippen LogP contribution in [0.15, 0.2) is 17.0 Å². The molecule has 1 unspecified atom stereocenters. The lowest BCUT2D eigenvalue weighted by Gasteiger charge is -2.16. The number of methoxy groups -OCH3 is 2. The molecule has 1 atom stereocenters. The van der Waals surface area contributed by atoms with Gasteiger partial charge >= 0.3 is 0 Å². The summed E-state index contributed by atoms with van der Waals surface area (Å²) in [5, 5.41) is 0.339. The summed E-state index contributed by atoms with van der Waals surface area (Å²) in [4.78, 5) is 2.26. The Kier molecular flexibility index (Phi) is 7.15. The van der Waals surface area contributed by atoms with Crippen LogP contribution in [0.1, 0.15) is 6.42 Å². The smallest absolute Gasteiger partial charge is 0.244 e. The summed E-state index contributed by atoms with van der Waals surface area (Å²) in [7, 11) is -0.690. The molecule has 6 nitrogen and oxygen atoms in total. The lowest BCUT2D eigenvalue weighted by atomic mass is 10.1. The summed E-state index contributed by atoms with van der Waals surface area (Å²) >= 11 is 11.9. The second-order valence-corrected chi connectivity index (χ2v) is 8.21. The molecule has 1 aromatic rings. The topological polar surface area (TPSA) is 67.9 Å². The minimum absolute atomic E-state index is 0.00589. The van der Waals surface area contributed by atoms with Gasteiger partial charge in [-0.05, 0) is 31.0 Å². The highest BCUT2D eigenvalue weighted by Gasteiger charge is 2.27. The zero-order chi connectivity index (χ0) is 17.7. The standard InChI is InChI=1S/C15H22Cl2N2O4S/c1-22-8-7-19-6-5-11(10-19)9-18-24(20,21)13-4-3-12(16)14(17)15(13)23-2/h3-4,11,18H,5-10H2,1-2H3. The molecular weight excluding hydrogens is 375 g/mol. The highest BCUT2D eigenvalue weighted by Crippen LogP contribution is 2.37. The summed E-state index contributed by atoms with van der Waals surface area (Å²) in [6.07, 6.45) is 0.949. The molecule has 1 saturated heterocycles. The third-order valence-corrected chi connectivity index (χ3v) is 6.29. The number of likely N-dealkylation sites (tertiary alicyclic amines) is 1. The second-order valence-electron chi connectivity index (χ2n) is 5.69. The van der Waals surface area contributed by atoms with Crippen LogP contribution in [0.3, 0.4) is 0 Å². The van der Waals surface area contributed by atoms with Gasteiger partial charge in [0.2, 0.25) is 10.0 Å². The Labute approximate surface area is 153 Å². The molecule has 0 spiro atoms. The predicted molar refractivity (Wildman–Crippen MR) is 94.6 cm³/mol. The van der Waals surface area contributed by atoms with Crippen molar-refractivity contribution in [3.63, 3.8) is 0 Å². The SMILES string of the molecule is COCCN1CCC(CNS(=O)(=O)c2ccc(Cl)c(Cl)c2OC)C1. The number of nitrogens with zero attached hydrogens (tertiary/aromatic N) is 1. The maximum atomic E-state index is 12.6. The Morgan fingerprint density at radius 1 is 1.33 bits per heavy atom. The highest BCUT2D eigenvalue weighted by molar-refractivity contribution is 7.89. The number of rotatable bonds is 8. The molecule has 2 rings (SSSR count). The van der Waals surface area contributed by atoms with E-state index in [2.05, 4.69) is 9.62 Å². The van der Waals surface area contributed by atoms with Crippen LogP contribution in [-0.4, -0.2) is 60.3 Å². The van der Waals surface area contributed by atoms with E-state index in [0.717, 1.165) is 26.1 Å². The first-order chi connectivity index (χ1) is 11.4. The molecule has 0 aliphatic carbocycles. The molecule has 0 aromatic heterocycles. The van der Waals surface area contributed by atoms with Gasteiger partial charge in [-0.15, -0.1) is 0 Å². The number of hydrogen-bond donors (Lipinski definition) is 1. The van der Waals surface area contributed by atoms with Gasteiger partial charge in [0.1, 0.15) is 9.92 Å². The fraction of sp³-hybridized carbons (Fsp3) is 0.600. The van der Waals surface area contributed by atoms with Crippen LogP contribution in [-0.2, 0) is 14.8 Å². The van der Waals surface area contributed by atoms with E-state index in [1.54, 1.807) is 7.11 Å². The largest absolute Gasteiger partial charge is 0.494 e. The monoisotopic (exact) mass is 396 g/mol. The Balaban J connectivity index is 2.01. The zero-order valence-corrected chi connectivity index (χ0v) is 16.0. The van der Waals surface area contributed by atoms with E-state index in [0.29, 0.717) is 13.2 Å². The van der Waals surface area contributed by atoms with Crippen molar-refractivity contribution in [3.05, 3.63) is 22.2 Å². The van der Waals surface area contributed by atoms with Gasteiger partial charge < -0.3 is 14.4 Å². The molecule has 136 valence electrons. The van der Waals surface area contributed by atoms with E-state index >= 15 is 0 Å². The number of halogens is 2. The van der Waals surface area contributed by atoms with E-state index in [1.807, 2.05) is 0 Å². The third-order valence-electron chi connectivity index (χ3n) is 4.05. The molecule has 1 aliphatic heterocycles. The normalized spacial score (nSPS) is 18.9. The Hall–Kier alpha value is -0.570. The van der Waals surface area contributed by atoms with Crippen LogP contribution >= 0.6 is 23.2 Å². The Morgan fingerprint density at radius 3 is 2.75 bits per heavy atom. The van der Waals surface area contributed by atoms with Crippen molar-refractivity contribution < 1.29 is 17.9 Å². The van der Waals surface area contributed by atoms with E-state index in [4.69, 9.17) is 32.7 Å². The van der Waals surface area contributed by atoms with E-state index in [-0.39, 0.29) is 26.6 Å². The van der Waals surface area contributed by atoms with Crippen molar-refractivity contribution in [3.8, 4) is 5.75 Å². The quantitative estimate of drug-likeness (QED) is 0.729. The van der Waals surface area contributed by atoms with E-state index < -0.39 is 10.0 Å². The molecule has 1 fully saturated rings. The fourth-order valence-electron chi connectivity index (χ4n) is 2.72. The van der Waals surface area contributed by atoms with Crippen LogP contribution < -0.4 is 9.46 Å². The Morgan fingerprint density at radius 2 is 2.08 bits per heavy atom. The van der Waals surface area contributed by atoms with E-state index in [9.17, 15) is 8.42 Å². The van der Waals surface area contributed by atoms with Gasteiger partial charge in [-0.2, -0.15) is 0 Å². The summed E-state index contributed by atoms with van der Waals surface area (Å²) < 4.78 is 38.0. The second kappa shape index (κ2) is 8.69. The average Bonchev–Trinajstić information content (AvgIpc) is 3.01. The summed E-state index contributed by atoms with van der Waals surface area (Å²) in [5.41, 5.74) is 0. The van der Waals surface area contributed by atoms with Crippen molar-refractivity contribution in [2.45, 2.75) is 11.3 Å². The van der Waals surface area contributed by atoms with Gasteiger partial charge in [0, 0.05) is 26.7 Å². The minimum atomic E-state index is -3.73. The third kappa shape index (κ3) is 4.74. The Bertz CT molecular complexity index is 670. The number of ether oxygens (including phenoxy) is 2. The van der Waals surface area contributed by atoms with Crippen LogP contribution in [0, 0.1) is 5.92 Å². The van der Waals surface area contributed by atoms with Gasteiger partial charge in [0.15, 0.2) is 5.75 Å². The predicted octanol–water partition coefficient (Wildman–Crippen LogP) is 2.25. The molecule has 1 heterocycles. The van der Waals surface area contributed by atoms with Crippen molar-refractivity contribution >= 4 is 33.2 Å².